The molecule has 0 heterocycles. The van der Waals surface area contributed by atoms with Gasteiger partial charge in [-0.1, -0.05) is 12.1 Å². The summed E-state index contributed by atoms with van der Waals surface area (Å²) in [6.07, 6.45) is 1.68. The highest BCUT2D eigenvalue weighted by molar-refractivity contribution is 5.96. The van der Waals surface area contributed by atoms with Crippen LogP contribution in [0, 0.1) is 0 Å². The number of carbonyl (C=O) groups is 2. The summed E-state index contributed by atoms with van der Waals surface area (Å²) in [5, 5.41) is 0. The van der Waals surface area contributed by atoms with Crippen LogP contribution in [0.3, 0.4) is 0 Å². The van der Waals surface area contributed by atoms with Crippen molar-refractivity contribution in [3.05, 3.63) is 29.3 Å². The lowest BCUT2D eigenvalue weighted by Gasteiger charge is -2.08. The zero-order valence-electron chi connectivity index (χ0n) is 8.53. The third-order valence-corrected chi connectivity index (χ3v) is 2.10. The Morgan fingerprint density at radius 3 is 2.87 bits per heavy atom. The van der Waals surface area contributed by atoms with Crippen LogP contribution in [0.1, 0.15) is 22.3 Å². The normalized spacial score (nSPS) is 9.67. The molecular formula is C11H13NO3. The molecule has 80 valence electrons. The van der Waals surface area contributed by atoms with Crippen LogP contribution in [-0.4, -0.2) is 19.4 Å². The number of esters is 1. The first-order valence-electron chi connectivity index (χ1n) is 4.60. The van der Waals surface area contributed by atoms with Crippen molar-refractivity contribution in [3.63, 3.8) is 0 Å². The monoisotopic (exact) mass is 207 g/mol. The number of carbonyl (C=O) groups excluding carboxylic acids is 2. The number of ether oxygens (including phenoxy) is 1. The van der Waals surface area contributed by atoms with E-state index in [2.05, 4.69) is 4.74 Å². The average molecular weight is 207 g/mol. The Morgan fingerprint density at radius 1 is 1.53 bits per heavy atom. The lowest BCUT2D eigenvalue weighted by Crippen LogP contribution is -2.09. The number of rotatable bonds is 4. The van der Waals surface area contributed by atoms with Gasteiger partial charge >= 0.3 is 5.97 Å². The minimum Gasteiger partial charge on any atom is -0.465 e. The van der Waals surface area contributed by atoms with Crippen LogP contribution in [-0.2, 0) is 16.0 Å². The number of aryl methyl sites for hydroxylation is 1. The Bertz CT molecular complexity index is 374. The Hall–Kier alpha value is -1.84. The lowest BCUT2D eigenvalue weighted by atomic mass is 10.0. The minimum absolute atomic E-state index is 0.363. The van der Waals surface area contributed by atoms with Gasteiger partial charge in [-0.3, -0.25) is 0 Å². The van der Waals surface area contributed by atoms with E-state index >= 15 is 0 Å². The predicted molar refractivity (Wildman–Crippen MR) is 56.6 cm³/mol. The largest absolute Gasteiger partial charge is 0.465 e. The molecule has 0 radical (unpaired) electrons. The van der Waals surface area contributed by atoms with E-state index in [9.17, 15) is 9.59 Å². The average Bonchev–Trinajstić information content (AvgIpc) is 2.25. The smallest absolute Gasteiger partial charge is 0.340 e. The number of nitrogens with two attached hydrogens (primary N) is 1. The predicted octanol–water partition coefficient (Wildman–Crippen LogP) is 1.19. The van der Waals surface area contributed by atoms with Crippen molar-refractivity contribution < 1.29 is 14.3 Å². The van der Waals surface area contributed by atoms with E-state index in [1.165, 1.54) is 7.11 Å². The van der Waals surface area contributed by atoms with E-state index in [1.54, 1.807) is 18.2 Å². The van der Waals surface area contributed by atoms with Crippen molar-refractivity contribution in [2.24, 2.45) is 0 Å². The SMILES string of the molecule is COC(=O)c1c(N)cccc1CCC=O. The molecule has 0 atom stereocenters. The van der Waals surface area contributed by atoms with Crippen LogP contribution in [0.25, 0.3) is 0 Å². The molecule has 0 bridgehead atoms. The standard InChI is InChI=1S/C11H13NO3/c1-15-11(14)10-8(5-3-7-13)4-2-6-9(10)12/h2,4,6-7H,3,5,12H2,1H3. The quantitative estimate of drug-likeness (QED) is 0.457. The van der Waals surface area contributed by atoms with Crippen LogP contribution >= 0.6 is 0 Å². The molecule has 0 aliphatic heterocycles. The molecule has 1 aromatic rings. The second-order valence-corrected chi connectivity index (χ2v) is 3.08. The van der Waals surface area contributed by atoms with Crippen molar-refractivity contribution in [2.75, 3.05) is 12.8 Å². The first-order valence-corrected chi connectivity index (χ1v) is 4.60. The molecule has 0 aliphatic rings. The molecule has 0 aromatic heterocycles. The van der Waals surface area contributed by atoms with E-state index < -0.39 is 5.97 Å². The molecule has 0 saturated carbocycles. The van der Waals surface area contributed by atoms with Crippen LogP contribution < -0.4 is 5.73 Å². The van der Waals surface area contributed by atoms with Gasteiger partial charge in [0.05, 0.1) is 12.7 Å². The number of anilines is 1. The van der Waals surface area contributed by atoms with E-state index in [0.29, 0.717) is 24.1 Å². The van der Waals surface area contributed by atoms with Gasteiger partial charge in [-0.05, 0) is 18.1 Å². The van der Waals surface area contributed by atoms with Crippen molar-refractivity contribution in [1.82, 2.24) is 0 Å². The summed E-state index contributed by atoms with van der Waals surface area (Å²) in [4.78, 5) is 21.7. The Kier molecular flexibility index (Phi) is 3.85. The third-order valence-electron chi connectivity index (χ3n) is 2.10. The fraction of sp³-hybridized carbons (Fsp3) is 0.273. The van der Waals surface area contributed by atoms with Crippen LogP contribution in [0.2, 0.25) is 0 Å². The van der Waals surface area contributed by atoms with Gasteiger partial charge in [0, 0.05) is 12.1 Å². The molecule has 0 aliphatic carbocycles. The molecule has 0 amide bonds. The van der Waals surface area contributed by atoms with Crippen LogP contribution in [0.4, 0.5) is 5.69 Å². The van der Waals surface area contributed by atoms with E-state index in [0.717, 1.165) is 11.8 Å². The molecule has 0 spiro atoms. The Morgan fingerprint density at radius 2 is 2.27 bits per heavy atom. The molecule has 0 fully saturated rings. The maximum absolute atomic E-state index is 11.4. The second-order valence-electron chi connectivity index (χ2n) is 3.08. The van der Waals surface area contributed by atoms with Crippen LogP contribution in [0.15, 0.2) is 18.2 Å². The highest BCUT2D eigenvalue weighted by Crippen LogP contribution is 2.19. The molecule has 4 nitrogen and oxygen atoms in total. The van der Waals surface area contributed by atoms with Gasteiger partial charge in [0.1, 0.15) is 6.29 Å². The zero-order chi connectivity index (χ0) is 11.3. The van der Waals surface area contributed by atoms with Gasteiger partial charge in [-0.15, -0.1) is 0 Å². The number of hydrogen-bond acceptors (Lipinski definition) is 4. The number of benzene rings is 1. The molecule has 15 heavy (non-hydrogen) atoms. The highest BCUT2D eigenvalue weighted by Gasteiger charge is 2.14. The summed E-state index contributed by atoms with van der Waals surface area (Å²) in [5.74, 6) is -0.464. The number of hydrogen-bond donors (Lipinski definition) is 1. The number of nitrogen functional groups attached to an aromatic ring is 1. The van der Waals surface area contributed by atoms with Crippen LogP contribution in [0.5, 0.6) is 0 Å². The molecule has 4 heteroatoms. The van der Waals surface area contributed by atoms with Crippen molar-refractivity contribution in [3.8, 4) is 0 Å². The van der Waals surface area contributed by atoms with Gasteiger partial charge in [-0.25, -0.2) is 4.79 Å². The maximum Gasteiger partial charge on any atom is 0.340 e. The topological polar surface area (TPSA) is 69.4 Å². The number of aldehydes is 1. The Labute approximate surface area is 88.0 Å². The summed E-state index contributed by atoms with van der Waals surface area (Å²) in [6, 6.07) is 5.16. The molecule has 1 rings (SSSR count). The lowest BCUT2D eigenvalue weighted by molar-refractivity contribution is -0.107. The number of methoxy groups -OCH3 is 1. The van der Waals surface area contributed by atoms with E-state index in [1.807, 2.05) is 0 Å². The second kappa shape index (κ2) is 5.14. The van der Waals surface area contributed by atoms with Gasteiger partial charge in [0.15, 0.2) is 0 Å². The molecule has 1 aromatic carbocycles. The first-order chi connectivity index (χ1) is 7.20. The summed E-state index contributed by atoms with van der Waals surface area (Å²) in [6.45, 7) is 0. The molecule has 2 N–H and O–H groups in total. The minimum atomic E-state index is -0.464. The highest BCUT2D eigenvalue weighted by atomic mass is 16.5. The van der Waals surface area contributed by atoms with Gasteiger partial charge in [0.2, 0.25) is 0 Å². The summed E-state index contributed by atoms with van der Waals surface area (Å²) in [5.41, 5.74) is 7.17. The summed E-state index contributed by atoms with van der Waals surface area (Å²) in [7, 11) is 1.30. The fourth-order valence-electron chi connectivity index (χ4n) is 1.39. The third kappa shape index (κ3) is 2.56. The summed E-state index contributed by atoms with van der Waals surface area (Å²) >= 11 is 0. The van der Waals surface area contributed by atoms with E-state index in [4.69, 9.17) is 5.73 Å². The maximum atomic E-state index is 11.4. The Balaban J connectivity index is 3.08. The molecule has 0 saturated heterocycles. The fourth-order valence-corrected chi connectivity index (χ4v) is 1.39. The first kappa shape index (κ1) is 11.2. The zero-order valence-corrected chi connectivity index (χ0v) is 8.53. The van der Waals surface area contributed by atoms with Crippen molar-refractivity contribution >= 4 is 17.9 Å². The molecule has 0 unspecified atom stereocenters. The van der Waals surface area contributed by atoms with Gasteiger partial charge in [0.25, 0.3) is 0 Å². The van der Waals surface area contributed by atoms with Crippen molar-refractivity contribution in [2.45, 2.75) is 12.8 Å². The summed E-state index contributed by atoms with van der Waals surface area (Å²) < 4.78 is 4.63. The van der Waals surface area contributed by atoms with Gasteiger partial charge in [-0.2, -0.15) is 0 Å². The van der Waals surface area contributed by atoms with E-state index in [-0.39, 0.29) is 0 Å². The van der Waals surface area contributed by atoms with Crippen molar-refractivity contribution in [1.29, 1.82) is 0 Å². The van der Waals surface area contributed by atoms with Gasteiger partial charge < -0.3 is 15.3 Å². The molecular weight excluding hydrogens is 194 g/mol.